The maximum absolute atomic E-state index is 12.6. The topological polar surface area (TPSA) is 81.1 Å². The Morgan fingerprint density at radius 1 is 1.33 bits per heavy atom. The minimum absolute atomic E-state index is 0.0396. The second-order valence-electron chi connectivity index (χ2n) is 7.18. The van der Waals surface area contributed by atoms with Gasteiger partial charge >= 0.3 is 0 Å². The monoisotopic (exact) mass is 363 g/mol. The van der Waals surface area contributed by atoms with Crippen LogP contribution in [0.3, 0.4) is 0 Å². The van der Waals surface area contributed by atoms with Gasteiger partial charge in [0.1, 0.15) is 0 Å². The van der Waals surface area contributed by atoms with Gasteiger partial charge in [0.2, 0.25) is 5.91 Å². The Bertz CT molecular complexity index is 988. The molecule has 2 aliphatic heterocycles. The first-order chi connectivity index (χ1) is 13.2. The van der Waals surface area contributed by atoms with E-state index in [1.165, 1.54) is 0 Å². The van der Waals surface area contributed by atoms with Gasteiger partial charge in [-0.3, -0.25) is 4.79 Å². The zero-order chi connectivity index (χ0) is 18.4. The molecule has 2 aromatic heterocycles. The number of aromatic nitrogens is 3. The molecular formula is C20H21N5O2. The molecule has 0 saturated carbocycles. The highest BCUT2D eigenvalue weighted by Gasteiger charge is 2.40. The largest absolute Gasteiger partial charge is 0.376 e. The number of benzene rings is 1. The standard InChI is InChI=1S/C20H21N5O2/c1-12-15-9-13(22-20(26)17-10-18-16(23-17)7-8-27-18)11-21-19(15)25(24-12)14-5-3-2-4-6-14/h2-6,9,11,16-18,23H,7-8,10H2,1H3,(H,22,26)/t16-,17-,18-/m0/s1. The maximum atomic E-state index is 12.6. The van der Waals surface area contributed by atoms with Crippen LogP contribution in [0.5, 0.6) is 0 Å². The van der Waals surface area contributed by atoms with Gasteiger partial charge in [-0.1, -0.05) is 18.2 Å². The Labute approximate surface area is 156 Å². The lowest BCUT2D eigenvalue weighted by Gasteiger charge is -2.13. The zero-order valence-electron chi connectivity index (χ0n) is 15.1. The van der Waals surface area contributed by atoms with Crippen LogP contribution in [0, 0.1) is 6.92 Å². The average molecular weight is 363 g/mol. The highest BCUT2D eigenvalue weighted by molar-refractivity contribution is 5.96. The SMILES string of the molecule is Cc1nn(-c2ccccc2)c2ncc(NC(=O)[C@@H]3C[C@@H]4OCC[C@@H]4N3)cc12. The zero-order valence-corrected chi connectivity index (χ0v) is 15.1. The van der Waals surface area contributed by atoms with E-state index in [0.29, 0.717) is 11.7 Å². The summed E-state index contributed by atoms with van der Waals surface area (Å²) in [6.07, 6.45) is 3.54. The van der Waals surface area contributed by atoms with Gasteiger partial charge in [-0.2, -0.15) is 5.10 Å². The Morgan fingerprint density at radius 2 is 2.19 bits per heavy atom. The molecule has 2 fully saturated rings. The summed E-state index contributed by atoms with van der Waals surface area (Å²) in [6, 6.07) is 11.9. The van der Waals surface area contributed by atoms with E-state index in [2.05, 4.69) is 20.7 Å². The third kappa shape index (κ3) is 2.89. The van der Waals surface area contributed by atoms with Crippen LogP contribution < -0.4 is 10.6 Å². The molecule has 7 nitrogen and oxygen atoms in total. The van der Waals surface area contributed by atoms with Crippen LogP contribution in [-0.4, -0.2) is 45.5 Å². The number of aryl methyl sites for hydroxylation is 1. The van der Waals surface area contributed by atoms with Crippen molar-refractivity contribution in [3.63, 3.8) is 0 Å². The summed E-state index contributed by atoms with van der Waals surface area (Å²) in [6.45, 7) is 2.73. The number of anilines is 1. The molecular weight excluding hydrogens is 342 g/mol. The molecule has 0 aliphatic carbocycles. The number of carbonyl (C=O) groups is 1. The van der Waals surface area contributed by atoms with Gasteiger partial charge in [0.25, 0.3) is 0 Å². The molecule has 3 aromatic rings. The van der Waals surface area contributed by atoms with Crippen molar-refractivity contribution in [1.82, 2.24) is 20.1 Å². The molecule has 2 saturated heterocycles. The van der Waals surface area contributed by atoms with E-state index in [1.807, 2.05) is 48.0 Å². The number of nitrogens with one attached hydrogen (secondary N) is 2. The summed E-state index contributed by atoms with van der Waals surface area (Å²) in [5.41, 5.74) is 3.29. The number of carbonyl (C=O) groups excluding carboxylic acids is 1. The fourth-order valence-corrected chi connectivity index (χ4v) is 4.00. The molecule has 1 amide bonds. The van der Waals surface area contributed by atoms with Crippen molar-refractivity contribution >= 4 is 22.6 Å². The van der Waals surface area contributed by atoms with Crippen molar-refractivity contribution in [1.29, 1.82) is 0 Å². The second-order valence-corrected chi connectivity index (χ2v) is 7.18. The molecule has 27 heavy (non-hydrogen) atoms. The number of hydrogen-bond acceptors (Lipinski definition) is 5. The minimum Gasteiger partial charge on any atom is -0.376 e. The van der Waals surface area contributed by atoms with Crippen LogP contribution in [0.15, 0.2) is 42.6 Å². The van der Waals surface area contributed by atoms with Gasteiger partial charge < -0.3 is 15.4 Å². The molecule has 5 rings (SSSR count). The van der Waals surface area contributed by atoms with Crippen LogP contribution >= 0.6 is 0 Å². The highest BCUT2D eigenvalue weighted by Crippen LogP contribution is 2.27. The lowest BCUT2D eigenvalue weighted by molar-refractivity contribution is -0.118. The lowest BCUT2D eigenvalue weighted by atomic mass is 10.1. The van der Waals surface area contributed by atoms with Gasteiger partial charge in [-0.25, -0.2) is 9.67 Å². The predicted octanol–water partition coefficient (Wildman–Crippen LogP) is 2.19. The number of para-hydroxylation sites is 1. The first-order valence-electron chi connectivity index (χ1n) is 9.28. The smallest absolute Gasteiger partial charge is 0.241 e. The average Bonchev–Trinajstić information content (AvgIpc) is 3.36. The summed E-state index contributed by atoms with van der Waals surface area (Å²) >= 11 is 0. The number of ether oxygens (including phenoxy) is 1. The van der Waals surface area contributed by atoms with Crippen LogP contribution in [0.4, 0.5) is 5.69 Å². The molecule has 4 heterocycles. The first kappa shape index (κ1) is 16.4. The van der Waals surface area contributed by atoms with Crippen molar-refractivity contribution in [3.05, 3.63) is 48.3 Å². The second kappa shape index (κ2) is 6.44. The summed E-state index contributed by atoms with van der Waals surface area (Å²) in [5, 5.41) is 11.9. The van der Waals surface area contributed by atoms with Crippen molar-refractivity contribution < 1.29 is 9.53 Å². The van der Waals surface area contributed by atoms with Crippen molar-refractivity contribution in [2.24, 2.45) is 0 Å². The Balaban J connectivity index is 1.39. The number of nitrogens with zero attached hydrogens (tertiary/aromatic N) is 3. The van der Waals surface area contributed by atoms with Crippen LogP contribution in [0.25, 0.3) is 16.7 Å². The highest BCUT2D eigenvalue weighted by atomic mass is 16.5. The Morgan fingerprint density at radius 3 is 3.00 bits per heavy atom. The quantitative estimate of drug-likeness (QED) is 0.746. The summed E-state index contributed by atoms with van der Waals surface area (Å²) in [7, 11) is 0. The van der Waals surface area contributed by atoms with E-state index >= 15 is 0 Å². The molecule has 7 heteroatoms. The number of rotatable bonds is 3. The van der Waals surface area contributed by atoms with E-state index in [-0.39, 0.29) is 18.1 Å². The third-order valence-electron chi connectivity index (χ3n) is 5.38. The van der Waals surface area contributed by atoms with Gasteiger partial charge in [-0.05, 0) is 38.0 Å². The van der Waals surface area contributed by atoms with E-state index in [9.17, 15) is 4.79 Å². The maximum Gasteiger partial charge on any atom is 0.241 e. The van der Waals surface area contributed by atoms with Gasteiger partial charge in [0.05, 0.1) is 35.4 Å². The molecule has 2 aliphatic rings. The van der Waals surface area contributed by atoms with Gasteiger partial charge in [0, 0.05) is 18.0 Å². The third-order valence-corrected chi connectivity index (χ3v) is 5.38. The number of hydrogen-bond donors (Lipinski definition) is 2. The van der Waals surface area contributed by atoms with E-state index in [0.717, 1.165) is 41.9 Å². The van der Waals surface area contributed by atoms with E-state index in [4.69, 9.17) is 4.74 Å². The summed E-state index contributed by atoms with van der Waals surface area (Å²) in [5.74, 6) is -0.0396. The van der Waals surface area contributed by atoms with Gasteiger partial charge in [0.15, 0.2) is 5.65 Å². The first-order valence-corrected chi connectivity index (χ1v) is 9.28. The Kier molecular flexibility index (Phi) is 3.91. The number of pyridine rings is 1. The van der Waals surface area contributed by atoms with Crippen molar-refractivity contribution in [2.45, 2.75) is 38.0 Å². The van der Waals surface area contributed by atoms with Crippen LogP contribution in [0.1, 0.15) is 18.5 Å². The lowest BCUT2D eigenvalue weighted by Crippen LogP contribution is -2.39. The summed E-state index contributed by atoms with van der Waals surface area (Å²) < 4.78 is 7.49. The van der Waals surface area contributed by atoms with Crippen molar-refractivity contribution in [3.8, 4) is 5.69 Å². The minimum atomic E-state index is -0.218. The predicted molar refractivity (Wildman–Crippen MR) is 102 cm³/mol. The molecule has 0 unspecified atom stereocenters. The molecule has 2 N–H and O–H groups in total. The van der Waals surface area contributed by atoms with E-state index < -0.39 is 0 Å². The molecule has 1 aromatic carbocycles. The molecule has 0 radical (unpaired) electrons. The molecule has 0 bridgehead atoms. The fourth-order valence-electron chi connectivity index (χ4n) is 4.00. The molecule has 3 atom stereocenters. The summed E-state index contributed by atoms with van der Waals surface area (Å²) in [4.78, 5) is 17.2. The number of amides is 1. The molecule has 0 spiro atoms. The van der Waals surface area contributed by atoms with Crippen LogP contribution in [0.2, 0.25) is 0 Å². The van der Waals surface area contributed by atoms with Gasteiger partial charge in [-0.15, -0.1) is 0 Å². The number of fused-ring (bicyclic) bond motifs is 2. The molecule has 138 valence electrons. The van der Waals surface area contributed by atoms with Crippen LogP contribution in [-0.2, 0) is 9.53 Å². The fraction of sp³-hybridized carbons (Fsp3) is 0.350. The normalized spacial score (nSPS) is 24.3. The van der Waals surface area contributed by atoms with Crippen molar-refractivity contribution in [2.75, 3.05) is 11.9 Å². The van der Waals surface area contributed by atoms with E-state index in [1.54, 1.807) is 6.20 Å². The Hall–Kier alpha value is -2.77.